The van der Waals surface area contributed by atoms with Gasteiger partial charge in [-0.05, 0) is 37.0 Å². The quantitative estimate of drug-likeness (QED) is 0.847. The highest BCUT2D eigenvalue weighted by Crippen LogP contribution is 2.20. The van der Waals surface area contributed by atoms with Gasteiger partial charge in [0.2, 0.25) is 0 Å². The molecule has 6 heteroatoms. The summed E-state index contributed by atoms with van der Waals surface area (Å²) in [6, 6.07) is 4.20. The van der Waals surface area contributed by atoms with Crippen LogP contribution in [-0.4, -0.2) is 35.0 Å². The second kappa shape index (κ2) is 7.40. The van der Waals surface area contributed by atoms with Gasteiger partial charge in [-0.1, -0.05) is 23.7 Å². The molecule has 0 fully saturated rings. The third-order valence-corrected chi connectivity index (χ3v) is 3.80. The number of benzene rings is 1. The number of carbonyl (C=O) groups is 2. The molecular weight excluding hydrogens is 286 g/mol. The first kappa shape index (κ1) is 15.9. The molecule has 1 rings (SSSR count). The van der Waals surface area contributed by atoms with E-state index in [1.165, 1.54) is 11.8 Å². The van der Waals surface area contributed by atoms with Crippen LogP contribution in [0.25, 0.3) is 0 Å². The van der Waals surface area contributed by atoms with Gasteiger partial charge in [-0.3, -0.25) is 4.79 Å². The number of amides is 1. The predicted octanol–water partition coefficient (Wildman–Crippen LogP) is 2.58. The van der Waals surface area contributed by atoms with Gasteiger partial charge in [0.15, 0.2) is 0 Å². The van der Waals surface area contributed by atoms with Gasteiger partial charge in [0, 0.05) is 0 Å². The highest BCUT2D eigenvalue weighted by atomic mass is 35.5. The van der Waals surface area contributed by atoms with E-state index < -0.39 is 17.9 Å². The van der Waals surface area contributed by atoms with Gasteiger partial charge in [0.1, 0.15) is 6.04 Å². The molecule has 0 aliphatic rings. The molecule has 1 aromatic rings. The fraction of sp³-hybridized carbons (Fsp3) is 0.385. The summed E-state index contributed by atoms with van der Waals surface area (Å²) in [6.07, 6.45) is 2.27. The third-order valence-electron chi connectivity index (χ3n) is 2.65. The second-order valence-corrected chi connectivity index (χ2v) is 5.45. The van der Waals surface area contributed by atoms with Gasteiger partial charge in [0.05, 0.1) is 10.6 Å². The Balaban J connectivity index is 2.82. The predicted molar refractivity (Wildman–Crippen MR) is 78.1 cm³/mol. The number of hydrogen-bond acceptors (Lipinski definition) is 3. The Morgan fingerprint density at radius 3 is 2.74 bits per heavy atom. The summed E-state index contributed by atoms with van der Waals surface area (Å²) in [7, 11) is 0. The Morgan fingerprint density at radius 2 is 2.16 bits per heavy atom. The van der Waals surface area contributed by atoms with E-state index in [0.29, 0.717) is 22.8 Å². The van der Waals surface area contributed by atoms with Crippen LogP contribution < -0.4 is 5.32 Å². The van der Waals surface area contributed by atoms with Crippen LogP contribution in [0.2, 0.25) is 5.02 Å². The van der Waals surface area contributed by atoms with E-state index in [0.717, 1.165) is 5.56 Å². The smallest absolute Gasteiger partial charge is 0.326 e. The highest BCUT2D eigenvalue weighted by molar-refractivity contribution is 7.98. The van der Waals surface area contributed by atoms with Crippen LogP contribution in [0.1, 0.15) is 22.3 Å². The molecule has 0 radical (unpaired) electrons. The summed E-state index contributed by atoms with van der Waals surface area (Å²) < 4.78 is 0. The lowest BCUT2D eigenvalue weighted by Crippen LogP contribution is -2.41. The standard InChI is InChI=1S/C13H16ClNO3S/c1-8-4-3-5-9(11(8)14)12(16)15-10(13(17)18)6-7-19-2/h3-5,10H,6-7H2,1-2H3,(H,15,16)(H,17,18). The molecule has 104 valence electrons. The van der Waals surface area contributed by atoms with Gasteiger partial charge in [-0.2, -0.15) is 11.8 Å². The van der Waals surface area contributed by atoms with Gasteiger partial charge in [-0.15, -0.1) is 0 Å². The van der Waals surface area contributed by atoms with Crippen LogP contribution in [0.5, 0.6) is 0 Å². The van der Waals surface area contributed by atoms with Crippen molar-refractivity contribution in [3.05, 3.63) is 34.3 Å². The molecule has 0 aromatic heterocycles. The molecule has 1 amide bonds. The molecule has 4 nitrogen and oxygen atoms in total. The Morgan fingerprint density at radius 1 is 1.47 bits per heavy atom. The lowest BCUT2D eigenvalue weighted by molar-refractivity contribution is -0.139. The molecule has 0 aliphatic heterocycles. The Kier molecular flexibility index (Phi) is 6.18. The van der Waals surface area contributed by atoms with Gasteiger partial charge in [0.25, 0.3) is 5.91 Å². The van der Waals surface area contributed by atoms with Crippen molar-refractivity contribution in [2.24, 2.45) is 0 Å². The largest absolute Gasteiger partial charge is 0.480 e. The van der Waals surface area contributed by atoms with Crippen LogP contribution in [-0.2, 0) is 4.79 Å². The number of carbonyl (C=O) groups excluding carboxylic acids is 1. The van der Waals surface area contributed by atoms with Crippen molar-refractivity contribution >= 4 is 35.2 Å². The van der Waals surface area contributed by atoms with Gasteiger partial charge >= 0.3 is 5.97 Å². The van der Waals surface area contributed by atoms with E-state index in [9.17, 15) is 9.59 Å². The average molecular weight is 302 g/mol. The lowest BCUT2D eigenvalue weighted by Gasteiger charge is -2.15. The topological polar surface area (TPSA) is 66.4 Å². The minimum Gasteiger partial charge on any atom is -0.480 e. The molecule has 0 saturated heterocycles. The summed E-state index contributed by atoms with van der Waals surface area (Å²) in [5, 5.41) is 11.9. The van der Waals surface area contributed by atoms with Crippen LogP contribution in [0.3, 0.4) is 0 Å². The van der Waals surface area contributed by atoms with Crippen molar-refractivity contribution in [2.75, 3.05) is 12.0 Å². The van der Waals surface area contributed by atoms with E-state index in [-0.39, 0.29) is 0 Å². The second-order valence-electron chi connectivity index (χ2n) is 4.08. The minimum atomic E-state index is -1.04. The molecular formula is C13H16ClNO3S. The third kappa shape index (κ3) is 4.44. The van der Waals surface area contributed by atoms with E-state index in [1.807, 2.05) is 6.26 Å². The number of aryl methyl sites for hydroxylation is 1. The number of halogens is 1. The zero-order valence-corrected chi connectivity index (χ0v) is 12.3. The zero-order chi connectivity index (χ0) is 14.4. The van der Waals surface area contributed by atoms with Crippen molar-refractivity contribution in [1.82, 2.24) is 5.32 Å². The molecule has 1 atom stereocenters. The minimum absolute atomic E-state index is 0.303. The highest BCUT2D eigenvalue weighted by Gasteiger charge is 2.21. The van der Waals surface area contributed by atoms with Crippen LogP contribution >= 0.6 is 23.4 Å². The van der Waals surface area contributed by atoms with E-state index in [4.69, 9.17) is 16.7 Å². The van der Waals surface area contributed by atoms with Crippen molar-refractivity contribution in [3.8, 4) is 0 Å². The monoisotopic (exact) mass is 301 g/mol. The van der Waals surface area contributed by atoms with Crippen molar-refractivity contribution in [3.63, 3.8) is 0 Å². The fourth-order valence-electron chi connectivity index (χ4n) is 1.55. The van der Waals surface area contributed by atoms with Crippen molar-refractivity contribution < 1.29 is 14.7 Å². The number of nitrogens with one attached hydrogen (secondary N) is 1. The van der Waals surface area contributed by atoms with Crippen molar-refractivity contribution in [1.29, 1.82) is 0 Å². The summed E-state index contributed by atoms with van der Waals surface area (Å²) >= 11 is 7.58. The first-order valence-electron chi connectivity index (χ1n) is 5.75. The SMILES string of the molecule is CSCCC(NC(=O)c1cccc(C)c1Cl)C(=O)O. The lowest BCUT2D eigenvalue weighted by atomic mass is 10.1. The molecule has 2 N–H and O–H groups in total. The number of aliphatic carboxylic acids is 1. The first-order chi connectivity index (χ1) is 8.97. The summed E-state index contributed by atoms with van der Waals surface area (Å²) in [6.45, 7) is 1.79. The van der Waals surface area contributed by atoms with E-state index in [1.54, 1.807) is 25.1 Å². The van der Waals surface area contributed by atoms with Crippen molar-refractivity contribution in [2.45, 2.75) is 19.4 Å². The normalized spacial score (nSPS) is 11.9. The molecule has 0 bridgehead atoms. The number of rotatable bonds is 6. The molecule has 0 spiro atoms. The van der Waals surface area contributed by atoms with E-state index in [2.05, 4.69) is 5.32 Å². The van der Waals surface area contributed by atoms with Gasteiger partial charge < -0.3 is 10.4 Å². The molecule has 0 aliphatic carbocycles. The number of carboxylic acids is 1. The molecule has 1 unspecified atom stereocenters. The Bertz CT molecular complexity index is 479. The molecule has 0 heterocycles. The average Bonchev–Trinajstić information content (AvgIpc) is 2.37. The fourth-order valence-corrected chi connectivity index (χ4v) is 2.24. The first-order valence-corrected chi connectivity index (χ1v) is 7.52. The molecule has 0 saturated carbocycles. The maximum absolute atomic E-state index is 12.0. The van der Waals surface area contributed by atoms with Gasteiger partial charge in [-0.25, -0.2) is 4.79 Å². The molecule has 1 aromatic carbocycles. The Hall–Kier alpha value is -1.20. The molecule has 19 heavy (non-hydrogen) atoms. The maximum atomic E-state index is 12.0. The van der Waals surface area contributed by atoms with Crippen LogP contribution in [0.15, 0.2) is 18.2 Å². The van der Waals surface area contributed by atoms with Crippen LogP contribution in [0.4, 0.5) is 0 Å². The zero-order valence-electron chi connectivity index (χ0n) is 10.8. The summed E-state index contributed by atoms with van der Waals surface area (Å²) in [5.74, 6) is -0.827. The maximum Gasteiger partial charge on any atom is 0.326 e. The Labute approximate surface area is 121 Å². The number of thioether (sulfide) groups is 1. The summed E-state index contributed by atoms with van der Waals surface area (Å²) in [5.41, 5.74) is 1.09. The number of hydrogen-bond donors (Lipinski definition) is 2. The summed E-state index contributed by atoms with van der Waals surface area (Å²) in [4.78, 5) is 23.1. The van der Waals surface area contributed by atoms with E-state index >= 15 is 0 Å². The number of carboxylic acid groups (broad SMARTS) is 1. The van der Waals surface area contributed by atoms with Crippen LogP contribution in [0, 0.1) is 6.92 Å².